The second-order valence-electron chi connectivity index (χ2n) is 5.13. The lowest BCUT2D eigenvalue weighted by molar-refractivity contribution is -0.114. The fraction of sp³-hybridized carbons (Fsp3) is 0.0556. The second-order valence-corrected chi connectivity index (χ2v) is 6.05. The number of amides is 1. The Balaban J connectivity index is 2.08. The quantitative estimate of drug-likeness (QED) is 0.695. The predicted molar refractivity (Wildman–Crippen MR) is 94.6 cm³/mol. The summed E-state index contributed by atoms with van der Waals surface area (Å²) in [5.41, 5.74) is 3.67. The van der Waals surface area contributed by atoms with Crippen LogP contribution in [-0.4, -0.2) is 17.2 Å². The van der Waals surface area contributed by atoms with Gasteiger partial charge in [0.2, 0.25) is 5.91 Å². The summed E-state index contributed by atoms with van der Waals surface area (Å²) in [5.74, 6) is -0.116. The molecule has 0 saturated carbocycles. The molecule has 1 amide bonds. The van der Waals surface area contributed by atoms with Crippen LogP contribution in [0.15, 0.2) is 53.0 Å². The first-order valence-electron chi connectivity index (χ1n) is 7.00. The van der Waals surface area contributed by atoms with Crippen molar-refractivity contribution in [3.8, 4) is 11.3 Å². The molecular formula is C18H13BrN2O2. The van der Waals surface area contributed by atoms with Gasteiger partial charge in [0.25, 0.3) is 0 Å². The van der Waals surface area contributed by atoms with Crippen molar-refractivity contribution in [1.82, 2.24) is 4.98 Å². The highest BCUT2D eigenvalue weighted by Gasteiger charge is 2.08. The van der Waals surface area contributed by atoms with E-state index >= 15 is 0 Å². The van der Waals surface area contributed by atoms with Crippen molar-refractivity contribution >= 4 is 44.7 Å². The molecule has 0 spiro atoms. The molecule has 0 fully saturated rings. The molecule has 0 aliphatic rings. The predicted octanol–water partition coefficient (Wildman–Crippen LogP) is 4.44. The number of aromatic nitrogens is 1. The lowest BCUT2D eigenvalue weighted by Crippen LogP contribution is -2.05. The third kappa shape index (κ3) is 3.29. The molecule has 23 heavy (non-hydrogen) atoms. The molecule has 1 N–H and O–H groups in total. The summed E-state index contributed by atoms with van der Waals surface area (Å²) in [6, 6.07) is 14.8. The number of carbonyl (C=O) groups excluding carboxylic acids is 2. The number of benzene rings is 2. The van der Waals surface area contributed by atoms with Crippen LogP contribution in [-0.2, 0) is 4.79 Å². The van der Waals surface area contributed by atoms with E-state index < -0.39 is 0 Å². The van der Waals surface area contributed by atoms with Gasteiger partial charge in [0.1, 0.15) is 0 Å². The summed E-state index contributed by atoms with van der Waals surface area (Å²) < 4.78 is 0.910. The molecule has 0 aliphatic heterocycles. The van der Waals surface area contributed by atoms with Crippen LogP contribution in [0.25, 0.3) is 22.2 Å². The van der Waals surface area contributed by atoms with Crippen molar-refractivity contribution in [3.63, 3.8) is 0 Å². The number of nitrogens with one attached hydrogen (secondary N) is 1. The van der Waals surface area contributed by atoms with Crippen LogP contribution in [0.3, 0.4) is 0 Å². The number of fused-ring (bicyclic) bond motifs is 1. The van der Waals surface area contributed by atoms with Gasteiger partial charge in [-0.3, -0.25) is 9.59 Å². The fourth-order valence-corrected chi connectivity index (χ4v) is 2.75. The number of hydrogen-bond acceptors (Lipinski definition) is 3. The zero-order chi connectivity index (χ0) is 16.4. The minimum atomic E-state index is -0.116. The molecule has 4 nitrogen and oxygen atoms in total. The molecule has 114 valence electrons. The average Bonchev–Trinajstić information content (AvgIpc) is 2.53. The van der Waals surface area contributed by atoms with E-state index in [1.54, 1.807) is 6.07 Å². The molecule has 1 aromatic heterocycles. The zero-order valence-corrected chi connectivity index (χ0v) is 13.9. The maximum Gasteiger partial charge on any atom is 0.221 e. The molecule has 0 aliphatic carbocycles. The Labute approximate surface area is 141 Å². The number of nitrogens with zero attached hydrogens (tertiary/aromatic N) is 1. The van der Waals surface area contributed by atoms with Crippen LogP contribution in [0.2, 0.25) is 0 Å². The monoisotopic (exact) mass is 368 g/mol. The Bertz CT molecular complexity index is 905. The average molecular weight is 369 g/mol. The van der Waals surface area contributed by atoms with Gasteiger partial charge in [-0.25, -0.2) is 4.98 Å². The van der Waals surface area contributed by atoms with Crippen LogP contribution < -0.4 is 5.32 Å². The van der Waals surface area contributed by atoms with Crippen molar-refractivity contribution in [3.05, 3.63) is 58.6 Å². The number of carbonyl (C=O) groups is 2. The molecule has 0 bridgehead atoms. The summed E-state index contributed by atoms with van der Waals surface area (Å²) in [7, 11) is 0. The van der Waals surface area contributed by atoms with E-state index in [0.717, 1.165) is 32.9 Å². The van der Waals surface area contributed by atoms with E-state index in [9.17, 15) is 9.59 Å². The first kappa shape index (κ1) is 15.4. The van der Waals surface area contributed by atoms with Gasteiger partial charge in [0.15, 0.2) is 6.29 Å². The molecule has 2 aromatic carbocycles. The van der Waals surface area contributed by atoms with E-state index in [4.69, 9.17) is 0 Å². The standard InChI is InChI=1S/C18H13BrN2O2/c1-11(23)20-15-5-2-12(3-6-15)17-8-13(10-22)16-7-4-14(19)9-18(16)21-17/h2-10H,1H3,(H,20,23). The van der Waals surface area contributed by atoms with Crippen LogP contribution in [0.5, 0.6) is 0 Å². The maximum absolute atomic E-state index is 11.4. The Morgan fingerprint density at radius 3 is 2.52 bits per heavy atom. The topological polar surface area (TPSA) is 59.1 Å². The van der Waals surface area contributed by atoms with Gasteiger partial charge < -0.3 is 5.32 Å². The van der Waals surface area contributed by atoms with Crippen molar-refractivity contribution in [2.24, 2.45) is 0 Å². The summed E-state index contributed by atoms with van der Waals surface area (Å²) in [6.07, 6.45) is 0.840. The van der Waals surface area contributed by atoms with E-state index in [1.165, 1.54) is 6.92 Å². The molecule has 0 unspecified atom stereocenters. The molecule has 5 heteroatoms. The highest BCUT2D eigenvalue weighted by Crippen LogP contribution is 2.27. The van der Waals surface area contributed by atoms with Crippen LogP contribution in [0, 0.1) is 0 Å². The number of aldehydes is 1. The first-order chi connectivity index (χ1) is 11.1. The molecule has 3 aromatic rings. The minimum Gasteiger partial charge on any atom is -0.326 e. The molecule has 3 rings (SSSR count). The van der Waals surface area contributed by atoms with Gasteiger partial charge in [-0.05, 0) is 30.3 Å². The lowest BCUT2D eigenvalue weighted by atomic mass is 10.0. The van der Waals surface area contributed by atoms with Crippen molar-refractivity contribution < 1.29 is 9.59 Å². The molecule has 0 radical (unpaired) electrons. The van der Waals surface area contributed by atoms with Crippen LogP contribution >= 0.6 is 15.9 Å². The van der Waals surface area contributed by atoms with Crippen molar-refractivity contribution in [2.75, 3.05) is 5.32 Å². The largest absolute Gasteiger partial charge is 0.326 e. The second kappa shape index (κ2) is 6.30. The normalized spacial score (nSPS) is 10.5. The molecule has 1 heterocycles. The van der Waals surface area contributed by atoms with Gasteiger partial charge in [0, 0.05) is 33.6 Å². The Morgan fingerprint density at radius 2 is 1.87 bits per heavy atom. The van der Waals surface area contributed by atoms with Crippen molar-refractivity contribution in [1.29, 1.82) is 0 Å². The van der Waals surface area contributed by atoms with E-state index in [2.05, 4.69) is 26.2 Å². The summed E-state index contributed by atoms with van der Waals surface area (Å²) in [5, 5.41) is 3.54. The molecule has 0 saturated heterocycles. The third-order valence-electron chi connectivity index (χ3n) is 3.43. The van der Waals surface area contributed by atoms with Crippen molar-refractivity contribution in [2.45, 2.75) is 6.92 Å². The zero-order valence-electron chi connectivity index (χ0n) is 12.3. The van der Waals surface area contributed by atoms with Gasteiger partial charge >= 0.3 is 0 Å². The lowest BCUT2D eigenvalue weighted by Gasteiger charge is -2.08. The SMILES string of the molecule is CC(=O)Nc1ccc(-c2cc(C=O)c3ccc(Br)cc3n2)cc1. The number of hydrogen-bond donors (Lipinski definition) is 1. The maximum atomic E-state index is 11.4. The smallest absolute Gasteiger partial charge is 0.221 e. The summed E-state index contributed by atoms with van der Waals surface area (Å²) in [6.45, 7) is 1.47. The van der Waals surface area contributed by atoms with E-state index in [1.807, 2.05) is 42.5 Å². The molecular weight excluding hydrogens is 356 g/mol. The van der Waals surface area contributed by atoms with Crippen LogP contribution in [0.4, 0.5) is 5.69 Å². The van der Waals surface area contributed by atoms with Gasteiger partial charge in [-0.2, -0.15) is 0 Å². The Hall–Kier alpha value is -2.53. The van der Waals surface area contributed by atoms with E-state index in [-0.39, 0.29) is 5.91 Å². The van der Waals surface area contributed by atoms with Crippen LogP contribution in [0.1, 0.15) is 17.3 Å². The summed E-state index contributed by atoms with van der Waals surface area (Å²) >= 11 is 3.42. The number of rotatable bonds is 3. The third-order valence-corrected chi connectivity index (χ3v) is 3.93. The highest BCUT2D eigenvalue weighted by atomic mass is 79.9. The first-order valence-corrected chi connectivity index (χ1v) is 7.79. The number of halogens is 1. The van der Waals surface area contributed by atoms with Gasteiger partial charge in [-0.15, -0.1) is 0 Å². The Kier molecular flexibility index (Phi) is 4.21. The molecule has 0 atom stereocenters. The van der Waals surface area contributed by atoms with E-state index in [0.29, 0.717) is 11.3 Å². The summed E-state index contributed by atoms with van der Waals surface area (Å²) in [4.78, 5) is 27.1. The Morgan fingerprint density at radius 1 is 1.13 bits per heavy atom. The number of anilines is 1. The minimum absolute atomic E-state index is 0.116. The van der Waals surface area contributed by atoms with Gasteiger partial charge in [-0.1, -0.05) is 34.1 Å². The fourth-order valence-electron chi connectivity index (χ4n) is 2.40. The highest BCUT2D eigenvalue weighted by molar-refractivity contribution is 9.10. The number of pyridine rings is 1. The van der Waals surface area contributed by atoms with Gasteiger partial charge in [0.05, 0.1) is 11.2 Å².